The van der Waals surface area contributed by atoms with Crippen LogP contribution in [0, 0.1) is 19.3 Å². The van der Waals surface area contributed by atoms with E-state index in [1.807, 2.05) is 56.2 Å². The first kappa shape index (κ1) is 34.7. The Balaban J connectivity index is 0.00000225. The third-order valence-electron chi connectivity index (χ3n) is 5.41. The van der Waals surface area contributed by atoms with Gasteiger partial charge in [0.05, 0.1) is 19.6 Å². The van der Waals surface area contributed by atoms with Gasteiger partial charge in [-0.1, -0.05) is 58.9 Å². The molecule has 1 unspecified atom stereocenters. The summed E-state index contributed by atoms with van der Waals surface area (Å²) in [6.07, 6.45) is -0.00475. The highest BCUT2D eigenvalue weighted by Crippen LogP contribution is 2.24. The molecular formula is C31H36BrN3O4. The summed E-state index contributed by atoms with van der Waals surface area (Å²) in [5.41, 5.74) is 5.45. The molecule has 8 heteroatoms. The zero-order valence-corrected chi connectivity index (χ0v) is 24.3. The van der Waals surface area contributed by atoms with E-state index in [1.54, 1.807) is 12.1 Å². The van der Waals surface area contributed by atoms with Crippen LogP contribution in [0.5, 0.6) is 0 Å². The number of nitrogens with one attached hydrogen (secondary N) is 3. The van der Waals surface area contributed by atoms with Gasteiger partial charge in [0, 0.05) is 15.7 Å². The summed E-state index contributed by atoms with van der Waals surface area (Å²) in [4.78, 5) is 33.5. The molecule has 0 bridgehead atoms. The van der Waals surface area contributed by atoms with E-state index in [1.165, 1.54) is 7.11 Å². The van der Waals surface area contributed by atoms with Crippen molar-refractivity contribution in [3.63, 3.8) is 0 Å². The molecule has 206 valence electrons. The lowest BCUT2D eigenvalue weighted by Gasteiger charge is -2.20. The molecule has 0 saturated carbocycles. The van der Waals surface area contributed by atoms with E-state index < -0.39 is 6.04 Å². The summed E-state index contributed by atoms with van der Waals surface area (Å²) in [5.74, 6) is -0.247. The normalized spacial score (nSPS) is 9.95. The smallest absolute Gasteiger partial charge is 0.251 e. The van der Waals surface area contributed by atoms with E-state index in [9.17, 15) is 9.59 Å². The van der Waals surface area contributed by atoms with E-state index in [-0.39, 0.29) is 18.2 Å². The standard InChI is InChI=1S/C27H27BrN2O3.C2H4.CH3N.CH2O/c1-17-7-5-6-8-23(17)20-9-11-21(12-10-20)27(32)30-25(19(3)33-4)16-26(31)29-24-14-13-22(28)15-18(24)2;3*1-2/h5-15,25H,3,16H2,1-2,4H3,(H,29,31)(H,30,32);1-2H2;2H,1H2;1H2. The molecule has 0 radical (unpaired) electrons. The molecule has 0 fully saturated rings. The number of halogens is 1. The van der Waals surface area contributed by atoms with Crippen LogP contribution in [0.25, 0.3) is 11.1 Å². The molecule has 39 heavy (non-hydrogen) atoms. The van der Waals surface area contributed by atoms with Crippen LogP contribution in [0.1, 0.15) is 27.9 Å². The number of carbonyl (C=O) groups is 3. The largest absolute Gasteiger partial charge is 0.500 e. The van der Waals surface area contributed by atoms with Gasteiger partial charge in [0.25, 0.3) is 5.91 Å². The minimum absolute atomic E-state index is 0.00475. The van der Waals surface area contributed by atoms with E-state index in [0.717, 1.165) is 26.7 Å². The molecule has 0 aliphatic rings. The van der Waals surface area contributed by atoms with Gasteiger partial charge >= 0.3 is 0 Å². The molecule has 7 nitrogen and oxygen atoms in total. The number of amides is 2. The second-order valence-corrected chi connectivity index (χ2v) is 8.72. The van der Waals surface area contributed by atoms with Crippen molar-refractivity contribution in [2.45, 2.75) is 26.3 Å². The monoisotopic (exact) mass is 593 g/mol. The van der Waals surface area contributed by atoms with Gasteiger partial charge in [-0.15, -0.1) is 13.2 Å². The lowest BCUT2D eigenvalue weighted by molar-refractivity contribution is -0.116. The molecule has 0 aliphatic heterocycles. The highest BCUT2D eigenvalue weighted by atomic mass is 79.9. The lowest BCUT2D eigenvalue weighted by atomic mass is 9.99. The van der Waals surface area contributed by atoms with Crippen molar-refractivity contribution in [1.29, 1.82) is 5.41 Å². The quantitative estimate of drug-likeness (QED) is 0.150. The van der Waals surface area contributed by atoms with Crippen LogP contribution >= 0.6 is 15.9 Å². The molecule has 0 saturated heterocycles. The van der Waals surface area contributed by atoms with Crippen LogP contribution < -0.4 is 10.6 Å². The van der Waals surface area contributed by atoms with Crippen LogP contribution in [0.15, 0.2) is 96.7 Å². The fourth-order valence-corrected chi connectivity index (χ4v) is 3.96. The van der Waals surface area contributed by atoms with Crippen molar-refractivity contribution >= 4 is 46.9 Å². The van der Waals surface area contributed by atoms with E-state index in [4.69, 9.17) is 14.9 Å². The summed E-state index contributed by atoms with van der Waals surface area (Å²) in [5, 5.41) is 11.2. The Hall–Kier alpha value is -4.30. The molecule has 3 N–H and O–H groups in total. The number of aryl methyl sites for hydroxylation is 2. The number of hydrogen-bond donors (Lipinski definition) is 3. The Labute approximate surface area is 239 Å². The van der Waals surface area contributed by atoms with Crippen LogP contribution in [0.3, 0.4) is 0 Å². The number of benzene rings is 3. The molecule has 2 amide bonds. The fraction of sp³-hybridized carbons (Fsp3) is 0.161. The Kier molecular flexibility index (Phi) is 16.8. The van der Waals surface area contributed by atoms with Crippen molar-refractivity contribution in [3.05, 3.63) is 113 Å². The second kappa shape index (κ2) is 18.9. The number of carbonyl (C=O) groups excluding carboxylic acids is 3. The maximum absolute atomic E-state index is 12.9. The minimum atomic E-state index is -0.672. The maximum atomic E-state index is 12.9. The maximum Gasteiger partial charge on any atom is 0.251 e. The predicted molar refractivity (Wildman–Crippen MR) is 164 cm³/mol. The minimum Gasteiger partial charge on any atom is -0.500 e. The average molecular weight is 595 g/mol. The summed E-state index contributed by atoms with van der Waals surface area (Å²) in [6, 6.07) is 20.4. The van der Waals surface area contributed by atoms with Gasteiger partial charge < -0.3 is 25.6 Å². The van der Waals surface area contributed by atoms with Gasteiger partial charge in [0.1, 0.15) is 12.5 Å². The number of anilines is 1. The first-order chi connectivity index (χ1) is 18.8. The first-order valence-electron chi connectivity index (χ1n) is 11.7. The Morgan fingerprint density at radius 2 is 1.54 bits per heavy atom. The van der Waals surface area contributed by atoms with Crippen LogP contribution in [0.4, 0.5) is 5.69 Å². The highest BCUT2D eigenvalue weighted by molar-refractivity contribution is 9.10. The molecule has 0 spiro atoms. The lowest BCUT2D eigenvalue weighted by Crippen LogP contribution is -2.39. The van der Waals surface area contributed by atoms with Gasteiger partial charge in [-0.05, 0) is 73.2 Å². The summed E-state index contributed by atoms with van der Waals surface area (Å²) >= 11 is 3.41. The van der Waals surface area contributed by atoms with Crippen LogP contribution in [-0.4, -0.2) is 38.5 Å². The van der Waals surface area contributed by atoms with E-state index in [2.05, 4.69) is 72.1 Å². The molecule has 1 atom stereocenters. The first-order valence-corrected chi connectivity index (χ1v) is 12.5. The Morgan fingerprint density at radius 1 is 0.949 bits per heavy atom. The van der Waals surface area contributed by atoms with Gasteiger partial charge in [0.15, 0.2) is 0 Å². The summed E-state index contributed by atoms with van der Waals surface area (Å²) in [6.45, 7) is 18.3. The number of hydrogen-bond acceptors (Lipinski definition) is 5. The average Bonchev–Trinajstić information content (AvgIpc) is 2.97. The molecule has 0 aromatic heterocycles. The van der Waals surface area contributed by atoms with Gasteiger partial charge in [0.2, 0.25) is 5.91 Å². The summed E-state index contributed by atoms with van der Waals surface area (Å²) in [7, 11) is 1.47. The fourth-order valence-electron chi connectivity index (χ4n) is 3.48. The van der Waals surface area contributed by atoms with E-state index >= 15 is 0 Å². The van der Waals surface area contributed by atoms with E-state index in [0.29, 0.717) is 17.0 Å². The number of methoxy groups -OCH3 is 1. The van der Waals surface area contributed by atoms with Gasteiger partial charge in [-0.25, -0.2) is 0 Å². The number of ether oxygens (including phenoxy) is 1. The third kappa shape index (κ3) is 10.9. The van der Waals surface area contributed by atoms with Crippen LogP contribution in [-0.2, 0) is 14.3 Å². The van der Waals surface area contributed by atoms with Crippen molar-refractivity contribution in [2.24, 2.45) is 0 Å². The zero-order chi connectivity index (χ0) is 30.0. The highest BCUT2D eigenvalue weighted by Gasteiger charge is 2.21. The van der Waals surface area contributed by atoms with Crippen LogP contribution in [0.2, 0.25) is 0 Å². The number of rotatable bonds is 8. The van der Waals surface area contributed by atoms with Crippen molar-refractivity contribution in [1.82, 2.24) is 5.32 Å². The van der Waals surface area contributed by atoms with Crippen molar-refractivity contribution in [2.75, 3.05) is 12.4 Å². The van der Waals surface area contributed by atoms with Crippen molar-refractivity contribution in [3.8, 4) is 11.1 Å². The molecule has 3 aromatic carbocycles. The Bertz CT molecular complexity index is 1220. The van der Waals surface area contributed by atoms with Gasteiger partial charge in [-0.2, -0.15) is 0 Å². The Morgan fingerprint density at radius 3 is 2.08 bits per heavy atom. The molecule has 0 aliphatic carbocycles. The molecule has 0 heterocycles. The SMILES string of the molecule is C=C.C=C(OC)C(CC(=O)Nc1ccc(Br)cc1C)NC(=O)c1ccc(-c2ccccc2C)cc1.C=N.C=O. The summed E-state index contributed by atoms with van der Waals surface area (Å²) < 4.78 is 6.17. The van der Waals surface area contributed by atoms with Crippen molar-refractivity contribution < 1.29 is 19.1 Å². The molecular weight excluding hydrogens is 558 g/mol. The third-order valence-corrected chi connectivity index (χ3v) is 5.90. The van der Waals surface area contributed by atoms with Gasteiger partial charge in [-0.3, -0.25) is 9.59 Å². The molecule has 3 rings (SSSR count). The molecule has 3 aromatic rings. The zero-order valence-electron chi connectivity index (χ0n) is 22.7. The predicted octanol–water partition coefficient (Wildman–Crippen LogP) is 6.90. The topological polar surface area (TPSA) is 108 Å². The second-order valence-electron chi connectivity index (χ2n) is 7.80.